The average molecular weight is 413 g/mol. The van der Waals surface area contributed by atoms with Crippen LogP contribution in [0.15, 0.2) is 42.6 Å². The molecular weight excluding hydrogens is 385 g/mol. The number of carbonyl (C=O) groups is 2. The number of pyridine rings is 1. The second-order valence-corrected chi connectivity index (χ2v) is 8.76. The van der Waals surface area contributed by atoms with Crippen molar-refractivity contribution in [2.75, 3.05) is 0 Å². The molecule has 6 nitrogen and oxygen atoms in total. The molecule has 1 aliphatic rings. The number of carboxylic acid groups (broad SMARTS) is 1. The van der Waals surface area contributed by atoms with E-state index in [1.165, 1.54) is 23.2 Å². The SMILES string of the molecule is CC(C)(C)N(C(=O)O)[C@@H]1CCC[C@@H](NC(=O)c2ccc(-c3cccc(F)c3)nc2)C1. The van der Waals surface area contributed by atoms with Gasteiger partial charge in [-0.3, -0.25) is 9.78 Å². The number of hydrogen-bond donors (Lipinski definition) is 2. The molecule has 0 spiro atoms. The Hall–Kier alpha value is -2.96. The molecule has 160 valence electrons. The molecule has 3 rings (SSSR count). The van der Waals surface area contributed by atoms with Gasteiger partial charge in [0.2, 0.25) is 0 Å². The van der Waals surface area contributed by atoms with Crippen molar-refractivity contribution >= 4 is 12.0 Å². The zero-order valence-electron chi connectivity index (χ0n) is 17.6. The Kier molecular flexibility index (Phi) is 6.39. The Bertz CT molecular complexity index is 909. The maximum absolute atomic E-state index is 13.4. The summed E-state index contributed by atoms with van der Waals surface area (Å²) >= 11 is 0. The van der Waals surface area contributed by atoms with Crippen LogP contribution < -0.4 is 5.32 Å². The van der Waals surface area contributed by atoms with Crippen LogP contribution in [0.2, 0.25) is 0 Å². The van der Waals surface area contributed by atoms with E-state index < -0.39 is 11.6 Å². The summed E-state index contributed by atoms with van der Waals surface area (Å²) in [5, 5.41) is 12.7. The van der Waals surface area contributed by atoms with Crippen LogP contribution in [0.3, 0.4) is 0 Å². The molecule has 0 aliphatic heterocycles. The third-order valence-corrected chi connectivity index (χ3v) is 5.42. The minimum atomic E-state index is -0.934. The summed E-state index contributed by atoms with van der Waals surface area (Å²) in [6.45, 7) is 5.65. The number of nitrogens with one attached hydrogen (secondary N) is 1. The first-order chi connectivity index (χ1) is 14.1. The Balaban J connectivity index is 1.66. The minimum Gasteiger partial charge on any atom is -0.465 e. The maximum atomic E-state index is 13.4. The number of nitrogens with zero attached hydrogens (tertiary/aromatic N) is 2. The molecule has 2 amide bonds. The van der Waals surface area contributed by atoms with Crippen molar-refractivity contribution in [2.24, 2.45) is 0 Å². The van der Waals surface area contributed by atoms with Crippen LogP contribution in [-0.2, 0) is 0 Å². The topological polar surface area (TPSA) is 82.5 Å². The number of rotatable bonds is 4. The summed E-state index contributed by atoms with van der Waals surface area (Å²) in [5.74, 6) is -0.579. The third-order valence-electron chi connectivity index (χ3n) is 5.42. The normalized spacial score (nSPS) is 19.2. The highest BCUT2D eigenvalue weighted by Crippen LogP contribution is 2.29. The summed E-state index contributed by atoms with van der Waals surface area (Å²) in [6, 6.07) is 9.28. The van der Waals surface area contributed by atoms with Crippen LogP contribution in [0.5, 0.6) is 0 Å². The zero-order chi connectivity index (χ0) is 21.9. The van der Waals surface area contributed by atoms with Gasteiger partial charge in [0.15, 0.2) is 0 Å². The van der Waals surface area contributed by atoms with Gasteiger partial charge >= 0.3 is 6.09 Å². The molecule has 0 saturated heterocycles. The summed E-state index contributed by atoms with van der Waals surface area (Å²) in [5.41, 5.74) is 1.15. The molecule has 1 aromatic carbocycles. The first kappa shape index (κ1) is 21.7. The second-order valence-electron chi connectivity index (χ2n) is 8.76. The first-order valence-corrected chi connectivity index (χ1v) is 10.2. The quantitative estimate of drug-likeness (QED) is 0.761. The molecule has 1 saturated carbocycles. The summed E-state index contributed by atoms with van der Waals surface area (Å²) in [4.78, 5) is 30.2. The van der Waals surface area contributed by atoms with Gasteiger partial charge in [-0.25, -0.2) is 9.18 Å². The number of amides is 2. The molecule has 0 unspecified atom stereocenters. The first-order valence-electron chi connectivity index (χ1n) is 10.2. The molecule has 1 fully saturated rings. The van der Waals surface area contributed by atoms with Crippen molar-refractivity contribution in [3.05, 3.63) is 54.0 Å². The van der Waals surface area contributed by atoms with Crippen molar-refractivity contribution in [1.29, 1.82) is 0 Å². The predicted octanol–water partition coefficient (Wildman–Crippen LogP) is 4.71. The maximum Gasteiger partial charge on any atom is 0.407 e. The van der Waals surface area contributed by atoms with Gasteiger partial charge in [0.1, 0.15) is 5.82 Å². The van der Waals surface area contributed by atoms with Crippen LogP contribution in [0.25, 0.3) is 11.3 Å². The van der Waals surface area contributed by atoms with Gasteiger partial charge in [-0.1, -0.05) is 12.1 Å². The number of benzene rings is 1. The molecule has 2 N–H and O–H groups in total. The van der Waals surface area contributed by atoms with Crippen LogP contribution in [0, 0.1) is 5.82 Å². The molecule has 2 atom stereocenters. The van der Waals surface area contributed by atoms with Gasteiger partial charge in [-0.2, -0.15) is 0 Å². The largest absolute Gasteiger partial charge is 0.465 e. The minimum absolute atomic E-state index is 0.0941. The fourth-order valence-corrected chi connectivity index (χ4v) is 4.14. The molecular formula is C23H28FN3O3. The van der Waals surface area contributed by atoms with Gasteiger partial charge in [0.25, 0.3) is 5.91 Å². The van der Waals surface area contributed by atoms with Crippen molar-refractivity contribution in [3.8, 4) is 11.3 Å². The highest BCUT2D eigenvalue weighted by Gasteiger charge is 2.36. The van der Waals surface area contributed by atoms with Crippen LogP contribution in [-0.4, -0.2) is 44.6 Å². The summed E-state index contributed by atoms with van der Waals surface area (Å²) < 4.78 is 13.4. The molecule has 0 bridgehead atoms. The second kappa shape index (κ2) is 8.81. The van der Waals surface area contributed by atoms with E-state index in [-0.39, 0.29) is 23.8 Å². The summed E-state index contributed by atoms with van der Waals surface area (Å²) in [6.07, 6.45) is 3.59. The molecule has 30 heavy (non-hydrogen) atoms. The van der Waals surface area contributed by atoms with Crippen LogP contribution in [0.4, 0.5) is 9.18 Å². The molecule has 2 aromatic rings. The van der Waals surface area contributed by atoms with Crippen molar-refractivity contribution in [3.63, 3.8) is 0 Å². The predicted molar refractivity (Wildman–Crippen MR) is 113 cm³/mol. The Labute approximate surface area is 176 Å². The lowest BCUT2D eigenvalue weighted by Gasteiger charge is -2.43. The molecule has 7 heteroatoms. The highest BCUT2D eigenvalue weighted by atomic mass is 19.1. The fraction of sp³-hybridized carbons (Fsp3) is 0.435. The molecule has 1 aromatic heterocycles. The molecule has 1 heterocycles. The van der Waals surface area contributed by atoms with Gasteiger partial charge in [0, 0.05) is 29.4 Å². The van der Waals surface area contributed by atoms with E-state index in [2.05, 4.69) is 10.3 Å². The van der Waals surface area contributed by atoms with Crippen LogP contribution in [0.1, 0.15) is 56.8 Å². The lowest BCUT2D eigenvalue weighted by atomic mass is 9.87. The Morgan fingerprint density at radius 1 is 1.20 bits per heavy atom. The van der Waals surface area contributed by atoms with Gasteiger partial charge in [-0.15, -0.1) is 0 Å². The van der Waals surface area contributed by atoms with E-state index in [0.29, 0.717) is 23.2 Å². The number of aromatic nitrogens is 1. The van der Waals surface area contributed by atoms with Crippen molar-refractivity contribution in [2.45, 2.75) is 64.1 Å². The standard InChI is InChI=1S/C23H28FN3O3/c1-23(2,3)27(22(29)30)19-9-5-8-18(13-19)26-21(28)16-10-11-20(25-14-16)15-6-4-7-17(24)12-15/h4,6-7,10-12,14,18-19H,5,8-9,13H2,1-3H3,(H,26,28)(H,29,30)/t18-,19-/m1/s1. The van der Waals surface area contributed by atoms with E-state index >= 15 is 0 Å². The lowest BCUT2D eigenvalue weighted by Crippen LogP contribution is -2.54. The van der Waals surface area contributed by atoms with E-state index in [0.717, 1.165) is 19.3 Å². The van der Waals surface area contributed by atoms with E-state index in [4.69, 9.17) is 0 Å². The molecule has 0 radical (unpaired) electrons. The fourth-order valence-electron chi connectivity index (χ4n) is 4.14. The number of halogens is 1. The third kappa shape index (κ3) is 5.14. The summed E-state index contributed by atoms with van der Waals surface area (Å²) in [7, 11) is 0. The number of hydrogen-bond acceptors (Lipinski definition) is 3. The van der Waals surface area contributed by atoms with E-state index in [1.54, 1.807) is 24.3 Å². The monoisotopic (exact) mass is 413 g/mol. The highest BCUT2D eigenvalue weighted by molar-refractivity contribution is 5.94. The van der Waals surface area contributed by atoms with Gasteiger partial charge in [0.05, 0.1) is 11.3 Å². The van der Waals surface area contributed by atoms with Crippen molar-refractivity contribution < 1.29 is 19.1 Å². The van der Waals surface area contributed by atoms with Gasteiger partial charge < -0.3 is 15.3 Å². The lowest BCUT2D eigenvalue weighted by molar-refractivity contribution is 0.0509. The van der Waals surface area contributed by atoms with E-state index in [9.17, 15) is 19.1 Å². The van der Waals surface area contributed by atoms with E-state index in [1.807, 2.05) is 20.8 Å². The number of carbonyl (C=O) groups excluding carboxylic acids is 1. The molecule has 1 aliphatic carbocycles. The van der Waals surface area contributed by atoms with Crippen molar-refractivity contribution in [1.82, 2.24) is 15.2 Å². The Morgan fingerprint density at radius 2 is 1.97 bits per heavy atom. The zero-order valence-corrected chi connectivity index (χ0v) is 17.6. The smallest absolute Gasteiger partial charge is 0.407 e. The van der Waals surface area contributed by atoms with Crippen LogP contribution >= 0.6 is 0 Å². The Morgan fingerprint density at radius 3 is 2.57 bits per heavy atom. The average Bonchev–Trinajstić information content (AvgIpc) is 2.67. The van der Waals surface area contributed by atoms with Gasteiger partial charge in [-0.05, 0) is 70.7 Å².